The first-order chi connectivity index (χ1) is 6.99. The third-order valence-electron chi connectivity index (χ3n) is 2.45. The number of carboxylic acid groups (broad SMARTS) is 1. The summed E-state index contributed by atoms with van der Waals surface area (Å²) in [5, 5.41) is 12.1. The van der Waals surface area contributed by atoms with Crippen LogP contribution in [0.4, 0.5) is 0 Å². The van der Waals surface area contributed by atoms with Gasteiger partial charge in [-0.2, -0.15) is 0 Å². The van der Waals surface area contributed by atoms with Gasteiger partial charge in [0.2, 0.25) is 0 Å². The third kappa shape index (κ3) is 2.56. The van der Waals surface area contributed by atoms with Gasteiger partial charge in [-0.25, -0.2) is 4.98 Å². The van der Waals surface area contributed by atoms with E-state index in [9.17, 15) is 4.79 Å². The molecule has 5 heteroatoms. The van der Waals surface area contributed by atoms with Crippen LogP contribution in [0.5, 0.6) is 0 Å². The maximum absolute atomic E-state index is 11.2. The molecule has 0 aliphatic heterocycles. The second-order valence-corrected chi connectivity index (χ2v) is 3.77. The summed E-state index contributed by atoms with van der Waals surface area (Å²) in [5.41, 5.74) is -0.944. The first kappa shape index (κ1) is 11.7. The Balaban J connectivity index is 2.84. The normalized spacial score (nSPS) is 14.9. The van der Waals surface area contributed by atoms with E-state index in [1.165, 1.54) is 0 Å². The van der Waals surface area contributed by atoms with Crippen molar-refractivity contribution in [3.8, 4) is 0 Å². The molecule has 0 radical (unpaired) electrons. The zero-order valence-corrected chi connectivity index (χ0v) is 9.32. The maximum Gasteiger partial charge on any atom is 0.325 e. The van der Waals surface area contributed by atoms with Crippen LogP contribution in [0, 0.1) is 6.92 Å². The molecule has 0 bridgehead atoms. The highest BCUT2D eigenvalue weighted by Gasteiger charge is 2.32. The second-order valence-electron chi connectivity index (χ2n) is 3.77. The Hall–Kier alpha value is -1.36. The van der Waals surface area contributed by atoms with Gasteiger partial charge in [0.25, 0.3) is 0 Å². The molecule has 1 aromatic rings. The Morgan fingerprint density at radius 2 is 2.40 bits per heavy atom. The zero-order chi connectivity index (χ0) is 11.5. The van der Waals surface area contributed by atoms with Crippen molar-refractivity contribution in [3.05, 3.63) is 18.2 Å². The molecule has 1 rings (SSSR count). The van der Waals surface area contributed by atoms with Gasteiger partial charge in [-0.3, -0.25) is 4.79 Å². The largest absolute Gasteiger partial charge is 0.480 e. The van der Waals surface area contributed by atoms with Crippen molar-refractivity contribution in [1.29, 1.82) is 0 Å². The van der Waals surface area contributed by atoms with Crippen LogP contribution in [-0.4, -0.2) is 32.7 Å². The van der Waals surface area contributed by atoms with E-state index in [-0.39, 0.29) is 0 Å². The average molecular weight is 211 g/mol. The van der Waals surface area contributed by atoms with E-state index in [4.69, 9.17) is 5.11 Å². The van der Waals surface area contributed by atoms with Crippen LogP contribution < -0.4 is 5.32 Å². The minimum Gasteiger partial charge on any atom is -0.480 e. The minimum atomic E-state index is -0.944. The van der Waals surface area contributed by atoms with E-state index >= 15 is 0 Å². The Kier molecular flexibility index (Phi) is 3.47. The van der Waals surface area contributed by atoms with Gasteiger partial charge in [0.05, 0.1) is 6.54 Å². The molecule has 2 N–H and O–H groups in total. The lowest BCUT2D eigenvalue weighted by Crippen LogP contribution is -2.52. The Labute approximate surface area is 89.1 Å². The molecule has 0 aromatic carbocycles. The number of aliphatic carboxylic acids is 1. The van der Waals surface area contributed by atoms with Crippen molar-refractivity contribution in [2.45, 2.75) is 32.9 Å². The lowest BCUT2D eigenvalue weighted by atomic mass is 10.0. The first-order valence-corrected chi connectivity index (χ1v) is 4.96. The molecule has 0 spiro atoms. The molecule has 0 aliphatic rings. The number of hydrogen-bond donors (Lipinski definition) is 2. The van der Waals surface area contributed by atoms with Gasteiger partial charge >= 0.3 is 5.97 Å². The quantitative estimate of drug-likeness (QED) is 0.750. The predicted octanol–water partition coefficient (Wildman–Crippen LogP) is 0.644. The molecule has 1 atom stereocenters. The van der Waals surface area contributed by atoms with Crippen molar-refractivity contribution in [2.24, 2.45) is 0 Å². The number of hydrogen-bond acceptors (Lipinski definition) is 3. The third-order valence-corrected chi connectivity index (χ3v) is 2.45. The van der Waals surface area contributed by atoms with Gasteiger partial charge in [0.15, 0.2) is 0 Å². The Morgan fingerprint density at radius 1 is 1.73 bits per heavy atom. The summed E-state index contributed by atoms with van der Waals surface area (Å²) >= 11 is 0. The van der Waals surface area contributed by atoms with Gasteiger partial charge in [0, 0.05) is 12.4 Å². The van der Waals surface area contributed by atoms with Gasteiger partial charge in [-0.05, 0) is 20.4 Å². The molecular formula is C10H17N3O2. The minimum absolute atomic E-state index is 0.377. The van der Waals surface area contributed by atoms with E-state index < -0.39 is 11.5 Å². The highest BCUT2D eigenvalue weighted by molar-refractivity contribution is 5.78. The molecule has 0 amide bonds. The summed E-state index contributed by atoms with van der Waals surface area (Å²) in [6, 6.07) is 0. The van der Waals surface area contributed by atoms with E-state index in [2.05, 4.69) is 10.3 Å². The van der Waals surface area contributed by atoms with Gasteiger partial charge in [0.1, 0.15) is 11.4 Å². The number of imidazole rings is 1. The van der Waals surface area contributed by atoms with Crippen molar-refractivity contribution >= 4 is 5.97 Å². The van der Waals surface area contributed by atoms with Crippen LogP contribution in [-0.2, 0) is 11.3 Å². The molecule has 5 nitrogen and oxygen atoms in total. The lowest BCUT2D eigenvalue weighted by molar-refractivity contribution is -0.144. The van der Waals surface area contributed by atoms with Crippen LogP contribution in [0.2, 0.25) is 0 Å². The summed E-state index contributed by atoms with van der Waals surface area (Å²) in [4.78, 5) is 15.2. The molecule has 0 aliphatic carbocycles. The molecule has 1 heterocycles. The standard InChI is InChI=1S/C10H17N3O2/c1-4-12-10(3,9(14)15)7-13-6-5-11-8(13)2/h5-6,12H,4,7H2,1-3H3,(H,14,15). The molecule has 0 saturated carbocycles. The Morgan fingerprint density at radius 3 is 2.80 bits per heavy atom. The molecule has 84 valence electrons. The fourth-order valence-electron chi connectivity index (χ4n) is 1.50. The predicted molar refractivity (Wildman–Crippen MR) is 56.7 cm³/mol. The Bertz CT molecular complexity index is 348. The molecule has 0 saturated heterocycles. The SMILES string of the molecule is CCNC(C)(Cn1ccnc1C)C(=O)O. The summed E-state index contributed by atoms with van der Waals surface area (Å²) in [7, 11) is 0. The fourth-order valence-corrected chi connectivity index (χ4v) is 1.50. The summed E-state index contributed by atoms with van der Waals surface area (Å²) < 4.78 is 1.83. The number of aromatic nitrogens is 2. The average Bonchev–Trinajstić information content (AvgIpc) is 2.52. The van der Waals surface area contributed by atoms with Crippen molar-refractivity contribution < 1.29 is 9.90 Å². The van der Waals surface area contributed by atoms with E-state index in [1.54, 1.807) is 19.3 Å². The molecule has 15 heavy (non-hydrogen) atoms. The first-order valence-electron chi connectivity index (χ1n) is 4.96. The molecule has 1 unspecified atom stereocenters. The molecule has 1 aromatic heterocycles. The van der Waals surface area contributed by atoms with Crippen LogP contribution in [0.25, 0.3) is 0 Å². The van der Waals surface area contributed by atoms with Crippen LogP contribution in [0.3, 0.4) is 0 Å². The van der Waals surface area contributed by atoms with Gasteiger partial charge in [-0.1, -0.05) is 6.92 Å². The van der Waals surface area contributed by atoms with Gasteiger partial charge in [-0.15, -0.1) is 0 Å². The van der Waals surface area contributed by atoms with E-state index in [0.29, 0.717) is 13.1 Å². The summed E-state index contributed by atoms with van der Waals surface area (Å²) in [6.45, 7) is 6.42. The van der Waals surface area contributed by atoms with Crippen LogP contribution in [0.1, 0.15) is 19.7 Å². The van der Waals surface area contributed by atoms with Crippen molar-refractivity contribution in [1.82, 2.24) is 14.9 Å². The smallest absolute Gasteiger partial charge is 0.325 e. The number of nitrogens with one attached hydrogen (secondary N) is 1. The number of rotatable bonds is 5. The molecular weight excluding hydrogens is 194 g/mol. The lowest BCUT2D eigenvalue weighted by Gasteiger charge is -2.26. The monoisotopic (exact) mass is 211 g/mol. The number of aryl methyl sites for hydroxylation is 1. The summed E-state index contributed by atoms with van der Waals surface area (Å²) in [6.07, 6.45) is 3.46. The highest BCUT2D eigenvalue weighted by Crippen LogP contribution is 2.09. The topological polar surface area (TPSA) is 67.2 Å². The highest BCUT2D eigenvalue weighted by atomic mass is 16.4. The van der Waals surface area contributed by atoms with Crippen molar-refractivity contribution in [3.63, 3.8) is 0 Å². The number of carbonyl (C=O) groups is 1. The van der Waals surface area contributed by atoms with Crippen LogP contribution in [0.15, 0.2) is 12.4 Å². The number of likely N-dealkylation sites (N-methyl/N-ethyl adjacent to an activating group) is 1. The number of nitrogens with zero attached hydrogens (tertiary/aromatic N) is 2. The van der Waals surface area contributed by atoms with E-state index in [0.717, 1.165) is 5.82 Å². The van der Waals surface area contributed by atoms with Gasteiger partial charge < -0.3 is 15.0 Å². The molecule has 0 fully saturated rings. The van der Waals surface area contributed by atoms with E-state index in [1.807, 2.05) is 18.4 Å². The summed E-state index contributed by atoms with van der Waals surface area (Å²) in [5.74, 6) is -0.0298. The van der Waals surface area contributed by atoms with Crippen LogP contribution >= 0.6 is 0 Å². The maximum atomic E-state index is 11.2. The number of carboxylic acids is 1. The second kappa shape index (κ2) is 4.44. The fraction of sp³-hybridized carbons (Fsp3) is 0.600. The van der Waals surface area contributed by atoms with Crippen molar-refractivity contribution in [2.75, 3.05) is 6.54 Å². The zero-order valence-electron chi connectivity index (χ0n) is 9.32.